The van der Waals surface area contributed by atoms with Crippen LogP contribution in [0.3, 0.4) is 0 Å². The minimum Gasteiger partial charge on any atom is -0.383 e. The molecule has 0 saturated carbocycles. The van der Waals surface area contributed by atoms with E-state index in [0.29, 0.717) is 5.82 Å². The van der Waals surface area contributed by atoms with Crippen molar-refractivity contribution in [1.29, 1.82) is 0 Å². The van der Waals surface area contributed by atoms with E-state index < -0.39 is 0 Å². The lowest BCUT2D eigenvalue weighted by molar-refractivity contribution is 0.363. The quantitative estimate of drug-likeness (QED) is 0.498. The highest BCUT2D eigenvalue weighted by atomic mass is 15.2. The molecule has 5 nitrogen and oxygen atoms in total. The summed E-state index contributed by atoms with van der Waals surface area (Å²) in [4.78, 5) is 6.26. The van der Waals surface area contributed by atoms with Gasteiger partial charge in [0, 0.05) is 11.8 Å². The van der Waals surface area contributed by atoms with Crippen molar-refractivity contribution in [2.24, 2.45) is 5.84 Å². The Morgan fingerprint density at radius 1 is 1.50 bits per heavy atom. The molecule has 5 heteroatoms. The predicted molar refractivity (Wildman–Crippen MR) is 66.6 cm³/mol. The van der Waals surface area contributed by atoms with Gasteiger partial charge in [0.15, 0.2) is 0 Å². The van der Waals surface area contributed by atoms with Crippen LogP contribution in [0.4, 0.5) is 5.82 Å². The SMILES string of the molecule is Cc1cnc(N)c(C(CCN(C)C)NN)c1. The van der Waals surface area contributed by atoms with E-state index in [0.717, 1.165) is 24.1 Å². The number of nitrogen functional groups attached to an aromatic ring is 1. The molecule has 0 aliphatic carbocycles. The van der Waals surface area contributed by atoms with Gasteiger partial charge in [-0.15, -0.1) is 0 Å². The largest absolute Gasteiger partial charge is 0.383 e. The second-order valence-corrected chi connectivity index (χ2v) is 4.30. The van der Waals surface area contributed by atoms with Gasteiger partial charge in [-0.05, 0) is 45.6 Å². The molecular formula is C11H21N5. The van der Waals surface area contributed by atoms with E-state index in [9.17, 15) is 0 Å². The molecule has 0 spiro atoms. The summed E-state index contributed by atoms with van der Waals surface area (Å²) < 4.78 is 0. The van der Waals surface area contributed by atoms with Crippen LogP contribution in [0.15, 0.2) is 12.3 Å². The molecule has 16 heavy (non-hydrogen) atoms. The summed E-state index contributed by atoms with van der Waals surface area (Å²) in [5.74, 6) is 6.11. The van der Waals surface area contributed by atoms with Crippen LogP contribution in [0, 0.1) is 6.92 Å². The average Bonchev–Trinajstić information content (AvgIpc) is 2.23. The molecule has 0 saturated heterocycles. The number of anilines is 1. The molecule has 0 amide bonds. The van der Waals surface area contributed by atoms with Crippen molar-refractivity contribution in [2.75, 3.05) is 26.4 Å². The van der Waals surface area contributed by atoms with Crippen molar-refractivity contribution >= 4 is 5.82 Å². The standard InChI is InChI=1S/C11H21N5/c1-8-6-9(11(12)14-7-8)10(15-13)4-5-16(2)3/h6-7,10,15H,4-5,13H2,1-3H3,(H2,12,14). The summed E-state index contributed by atoms with van der Waals surface area (Å²) in [5, 5.41) is 0. The number of hydrogen-bond acceptors (Lipinski definition) is 5. The average molecular weight is 223 g/mol. The summed E-state index contributed by atoms with van der Waals surface area (Å²) >= 11 is 0. The van der Waals surface area contributed by atoms with Crippen molar-refractivity contribution in [3.63, 3.8) is 0 Å². The van der Waals surface area contributed by atoms with Gasteiger partial charge in [-0.3, -0.25) is 11.3 Å². The third kappa shape index (κ3) is 3.44. The van der Waals surface area contributed by atoms with Crippen LogP contribution in [0.25, 0.3) is 0 Å². The Hall–Kier alpha value is -1.17. The fourth-order valence-corrected chi connectivity index (χ4v) is 1.60. The predicted octanol–water partition coefficient (Wildman–Crippen LogP) is 0.428. The maximum atomic E-state index is 5.85. The van der Waals surface area contributed by atoms with Crippen molar-refractivity contribution < 1.29 is 0 Å². The molecular weight excluding hydrogens is 202 g/mol. The van der Waals surface area contributed by atoms with E-state index >= 15 is 0 Å². The zero-order valence-corrected chi connectivity index (χ0v) is 10.2. The number of pyridine rings is 1. The maximum absolute atomic E-state index is 5.85. The van der Waals surface area contributed by atoms with Crippen LogP contribution in [-0.2, 0) is 0 Å². The fraction of sp³-hybridized carbons (Fsp3) is 0.545. The number of hydrogen-bond donors (Lipinski definition) is 3. The Morgan fingerprint density at radius 3 is 2.75 bits per heavy atom. The van der Waals surface area contributed by atoms with Gasteiger partial charge in [-0.25, -0.2) is 4.98 Å². The first-order chi connectivity index (χ1) is 7.54. The monoisotopic (exact) mass is 223 g/mol. The fourth-order valence-electron chi connectivity index (χ4n) is 1.60. The Morgan fingerprint density at radius 2 is 2.19 bits per heavy atom. The van der Waals surface area contributed by atoms with Crippen molar-refractivity contribution in [2.45, 2.75) is 19.4 Å². The van der Waals surface area contributed by atoms with E-state index in [1.165, 1.54) is 0 Å². The maximum Gasteiger partial charge on any atom is 0.128 e. The number of aromatic nitrogens is 1. The van der Waals surface area contributed by atoms with Gasteiger partial charge >= 0.3 is 0 Å². The molecule has 0 aliphatic rings. The molecule has 0 aliphatic heterocycles. The Bertz CT molecular complexity index is 337. The van der Waals surface area contributed by atoms with Crippen molar-refractivity contribution in [1.82, 2.24) is 15.3 Å². The van der Waals surface area contributed by atoms with Crippen LogP contribution >= 0.6 is 0 Å². The lowest BCUT2D eigenvalue weighted by Gasteiger charge is -2.20. The van der Waals surface area contributed by atoms with E-state index in [1.807, 2.05) is 27.1 Å². The Kier molecular flexibility index (Phi) is 4.67. The van der Waals surface area contributed by atoms with Crippen molar-refractivity contribution in [3.05, 3.63) is 23.4 Å². The van der Waals surface area contributed by atoms with Crippen LogP contribution in [0.5, 0.6) is 0 Å². The number of nitrogens with one attached hydrogen (secondary N) is 1. The Balaban J connectivity index is 2.81. The highest BCUT2D eigenvalue weighted by Gasteiger charge is 2.13. The van der Waals surface area contributed by atoms with Gasteiger partial charge in [-0.2, -0.15) is 0 Å². The summed E-state index contributed by atoms with van der Waals surface area (Å²) in [6.45, 7) is 2.94. The summed E-state index contributed by atoms with van der Waals surface area (Å²) in [6.07, 6.45) is 2.66. The molecule has 1 aromatic heterocycles. The molecule has 0 bridgehead atoms. The molecule has 1 rings (SSSR count). The highest BCUT2D eigenvalue weighted by molar-refractivity contribution is 5.42. The van der Waals surface area contributed by atoms with Crippen LogP contribution < -0.4 is 17.0 Å². The second-order valence-electron chi connectivity index (χ2n) is 4.30. The minimum atomic E-state index is 0.0507. The second kappa shape index (κ2) is 5.79. The summed E-state index contributed by atoms with van der Waals surface area (Å²) in [5.41, 5.74) is 10.7. The van der Waals surface area contributed by atoms with Crippen LogP contribution in [-0.4, -0.2) is 30.5 Å². The first kappa shape index (κ1) is 12.9. The van der Waals surface area contributed by atoms with E-state index in [-0.39, 0.29) is 6.04 Å². The Labute approximate surface area is 96.8 Å². The van der Waals surface area contributed by atoms with E-state index in [2.05, 4.69) is 15.3 Å². The summed E-state index contributed by atoms with van der Waals surface area (Å²) in [6, 6.07) is 2.08. The van der Waals surface area contributed by atoms with Crippen LogP contribution in [0.2, 0.25) is 0 Å². The molecule has 5 N–H and O–H groups in total. The first-order valence-electron chi connectivity index (χ1n) is 5.37. The van der Waals surface area contributed by atoms with Crippen LogP contribution in [0.1, 0.15) is 23.6 Å². The third-order valence-corrected chi connectivity index (χ3v) is 2.53. The number of nitrogens with two attached hydrogens (primary N) is 2. The van der Waals surface area contributed by atoms with Gasteiger partial charge in [0.05, 0.1) is 6.04 Å². The molecule has 1 unspecified atom stereocenters. The molecule has 0 aromatic carbocycles. The normalized spacial score (nSPS) is 13.1. The topological polar surface area (TPSA) is 80.2 Å². The minimum absolute atomic E-state index is 0.0507. The zero-order chi connectivity index (χ0) is 12.1. The molecule has 1 atom stereocenters. The number of nitrogens with zero attached hydrogens (tertiary/aromatic N) is 2. The van der Waals surface area contributed by atoms with Crippen molar-refractivity contribution in [3.8, 4) is 0 Å². The number of aryl methyl sites for hydroxylation is 1. The third-order valence-electron chi connectivity index (χ3n) is 2.53. The molecule has 0 radical (unpaired) electrons. The van der Waals surface area contributed by atoms with Gasteiger partial charge < -0.3 is 10.6 Å². The smallest absolute Gasteiger partial charge is 0.128 e. The molecule has 90 valence electrons. The number of rotatable bonds is 5. The lowest BCUT2D eigenvalue weighted by Crippen LogP contribution is -2.31. The molecule has 0 fully saturated rings. The molecule has 1 aromatic rings. The van der Waals surface area contributed by atoms with E-state index in [4.69, 9.17) is 11.6 Å². The zero-order valence-electron chi connectivity index (χ0n) is 10.2. The first-order valence-corrected chi connectivity index (χ1v) is 5.37. The van der Waals surface area contributed by atoms with Gasteiger partial charge in [0.25, 0.3) is 0 Å². The highest BCUT2D eigenvalue weighted by Crippen LogP contribution is 2.21. The summed E-state index contributed by atoms with van der Waals surface area (Å²) in [7, 11) is 4.07. The van der Waals surface area contributed by atoms with Gasteiger partial charge in [0.2, 0.25) is 0 Å². The van der Waals surface area contributed by atoms with Gasteiger partial charge in [0.1, 0.15) is 5.82 Å². The molecule has 1 heterocycles. The van der Waals surface area contributed by atoms with E-state index in [1.54, 1.807) is 6.20 Å². The number of hydrazine groups is 1. The van der Waals surface area contributed by atoms with Gasteiger partial charge in [-0.1, -0.05) is 0 Å². The lowest BCUT2D eigenvalue weighted by atomic mass is 10.0.